The summed E-state index contributed by atoms with van der Waals surface area (Å²) in [6.45, 7) is 0. The number of ether oxygens (including phenoxy) is 2. The van der Waals surface area contributed by atoms with Gasteiger partial charge in [0.05, 0.1) is 25.5 Å². The van der Waals surface area contributed by atoms with E-state index < -0.39 is 43.8 Å². The topological polar surface area (TPSA) is 102 Å². The van der Waals surface area contributed by atoms with E-state index in [0.717, 1.165) is 30.3 Å². The standard InChI is InChI=1S/C15H13F2NO6S/c1-23-12-6-8(15(19)20)11(7-13(12)24-2)18-25(21,22)14-9(16)4-3-5-10(14)17/h3-7,18H,1-2H3,(H,19,20). The average Bonchev–Trinajstić information content (AvgIpc) is 2.53. The Hall–Kier alpha value is -2.88. The van der Waals surface area contributed by atoms with Crippen molar-refractivity contribution in [1.82, 2.24) is 0 Å². The van der Waals surface area contributed by atoms with Crippen LogP contribution in [0.5, 0.6) is 11.5 Å². The highest BCUT2D eigenvalue weighted by atomic mass is 32.2. The molecule has 0 spiro atoms. The van der Waals surface area contributed by atoms with Crippen molar-refractivity contribution in [3.8, 4) is 11.5 Å². The van der Waals surface area contributed by atoms with Crippen LogP contribution in [0.1, 0.15) is 10.4 Å². The molecule has 0 radical (unpaired) electrons. The van der Waals surface area contributed by atoms with Crippen molar-refractivity contribution in [3.63, 3.8) is 0 Å². The smallest absolute Gasteiger partial charge is 0.337 e. The van der Waals surface area contributed by atoms with Crippen molar-refractivity contribution in [2.24, 2.45) is 0 Å². The molecule has 0 unspecified atom stereocenters. The second kappa shape index (κ2) is 6.93. The molecule has 0 fully saturated rings. The van der Waals surface area contributed by atoms with Crippen LogP contribution in [-0.2, 0) is 10.0 Å². The zero-order valence-corrected chi connectivity index (χ0v) is 13.9. The molecule has 0 heterocycles. The van der Waals surface area contributed by atoms with Crippen molar-refractivity contribution in [1.29, 1.82) is 0 Å². The summed E-state index contributed by atoms with van der Waals surface area (Å²) < 4.78 is 63.9. The minimum atomic E-state index is -4.73. The van der Waals surface area contributed by atoms with E-state index in [2.05, 4.69) is 0 Å². The molecule has 134 valence electrons. The van der Waals surface area contributed by atoms with Gasteiger partial charge >= 0.3 is 5.97 Å². The summed E-state index contributed by atoms with van der Waals surface area (Å²) in [7, 11) is -2.21. The van der Waals surface area contributed by atoms with Gasteiger partial charge in [0.2, 0.25) is 0 Å². The highest BCUT2D eigenvalue weighted by molar-refractivity contribution is 7.92. The number of benzene rings is 2. The van der Waals surface area contributed by atoms with Gasteiger partial charge in [-0.2, -0.15) is 0 Å². The Morgan fingerprint density at radius 2 is 1.60 bits per heavy atom. The van der Waals surface area contributed by atoms with Gasteiger partial charge in [-0.1, -0.05) is 6.07 Å². The Labute approximate surface area is 141 Å². The van der Waals surface area contributed by atoms with E-state index in [4.69, 9.17) is 9.47 Å². The lowest BCUT2D eigenvalue weighted by atomic mass is 10.1. The highest BCUT2D eigenvalue weighted by Gasteiger charge is 2.26. The third-order valence-electron chi connectivity index (χ3n) is 3.19. The predicted octanol–water partition coefficient (Wildman–Crippen LogP) is 2.48. The van der Waals surface area contributed by atoms with Crippen LogP contribution in [0.15, 0.2) is 35.2 Å². The van der Waals surface area contributed by atoms with E-state index in [9.17, 15) is 27.1 Å². The number of halogens is 2. The predicted molar refractivity (Wildman–Crippen MR) is 83.7 cm³/mol. The second-order valence-corrected chi connectivity index (χ2v) is 6.33. The monoisotopic (exact) mass is 373 g/mol. The number of carbonyl (C=O) groups is 1. The minimum absolute atomic E-state index is 0.0270. The van der Waals surface area contributed by atoms with E-state index in [1.807, 2.05) is 4.72 Å². The van der Waals surface area contributed by atoms with Crippen molar-refractivity contribution in [2.75, 3.05) is 18.9 Å². The number of hydrogen-bond donors (Lipinski definition) is 2. The van der Waals surface area contributed by atoms with Gasteiger partial charge in [-0.05, 0) is 12.1 Å². The first-order valence-corrected chi connectivity index (χ1v) is 8.15. The van der Waals surface area contributed by atoms with E-state index in [-0.39, 0.29) is 11.5 Å². The first kappa shape index (κ1) is 18.5. The van der Waals surface area contributed by atoms with Gasteiger partial charge in [-0.15, -0.1) is 0 Å². The lowest BCUT2D eigenvalue weighted by Gasteiger charge is -2.15. The van der Waals surface area contributed by atoms with Gasteiger partial charge < -0.3 is 14.6 Å². The Morgan fingerprint density at radius 1 is 1.08 bits per heavy atom. The van der Waals surface area contributed by atoms with Crippen LogP contribution in [0.3, 0.4) is 0 Å². The number of methoxy groups -OCH3 is 2. The van der Waals surface area contributed by atoms with Crippen LogP contribution in [0.2, 0.25) is 0 Å². The molecule has 2 N–H and O–H groups in total. The normalized spacial score (nSPS) is 11.0. The summed E-state index contributed by atoms with van der Waals surface area (Å²) in [5.74, 6) is -4.04. The largest absolute Gasteiger partial charge is 0.493 e. The Bertz CT molecular complexity index is 910. The van der Waals surface area contributed by atoms with Gasteiger partial charge in [-0.25, -0.2) is 22.0 Å². The van der Waals surface area contributed by atoms with Crippen LogP contribution in [0.4, 0.5) is 14.5 Å². The number of aromatic carboxylic acids is 1. The molecule has 0 atom stereocenters. The van der Waals surface area contributed by atoms with Gasteiger partial charge in [0.15, 0.2) is 16.4 Å². The highest BCUT2D eigenvalue weighted by Crippen LogP contribution is 2.34. The van der Waals surface area contributed by atoms with Gasteiger partial charge in [0.25, 0.3) is 10.0 Å². The molecule has 0 amide bonds. The molecule has 0 bridgehead atoms. The number of nitrogens with one attached hydrogen (secondary N) is 1. The zero-order chi connectivity index (χ0) is 18.8. The Morgan fingerprint density at radius 3 is 2.08 bits per heavy atom. The number of carboxylic acid groups (broad SMARTS) is 1. The van der Waals surface area contributed by atoms with Gasteiger partial charge in [0, 0.05) is 12.1 Å². The summed E-state index contributed by atoms with van der Waals surface area (Å²) in [6.07, 6.45) is 0. The number of rotatable bonds is 6. The van der Waals surface area contributed by atoms with Gasteiger partial charge in [0.1, 0.15) is 11.6 Å². The molecule has 0 aliphatic rings. The first-order valence-electron chi connectivity index (χ1n) is 6.67. The van der Waals surface area contributed by atoms with Crippen molar-refractivity contribution < 1.29 is 36.6 Å². The number of carboxylic acids is 1. The number of sulfonamides is 1. The van der Waals surface area contributed by atoms with Crippen LogP contribution >= 0.6 is 0 Å². The Balaban J connectivity index is 2.61. The van der Waals surface area contributed by atoms with Crippen molar-refractivity contribution in [3.05, 3.63) is 47.5 Å². The van der Waals surface area contributed by atoms with Crippen molar-refractivity contribution in [2.45, 2.75) is 4.90 Å². The van der Waals surface area contributed by atoms with E-state index >= 15 is 0 Å². The van der Waals surface area contributed by atoms with Crippen LogP contribution in [0, 0.1) is 11.6 Å². The van der Waals surface area contributed by atoms with Crippen molar-refractivity contribution >= 4 is 21.7 Å². The minimum Gasteiger partial charge on any atom is -0.493 e. The molecule has 2 aromatic rings. The summed E-state index contributed by atoms with van der Waals surface area (Å²) >= 11 is 0. The molecule has 2 rings (SSSR count). The summed E-state index contributed by atoms with van der Waals surface area (Å²) in [5.41, 5.74) is -0.925. The molecule has 7 nitrogen and oxygen atoms in total. The fourth-order valence-electron chi connectivity index (χ4n) is 2.08. The second-order valence-electron chi connectivity index (χ2n) is 4.71. The molecule has 10 heteroatoms. The molecule has 0 saturated heterocycles. The Kier molecular flexibility index (Phi) is 5.12. The molecule has 0 aliphatic heterocycles. The third-order valence-corrected chi connectivity index (χ3v) is 4.60. The maximum absolute atomic E-state index is 13.8. The van der Waals surface area contributed by atoms with Gasteiger partial charge in [-0.3, -0.25) is 4.72 Å². The first-order chi connectivity index (χ1) is 11.7. The lowest BCUT2D eigenvalue weighted by molar-refractivity contribution is 0.0697. The molecular formula is C15H13F2NO6S. The molecular weight excluding hydrogens is 360 g/mol. The fourth-order valence-corrected chi connectivity index (χ4v) is 3.29. The zero-order valence-electron chi connectivity index (χ0n) is 13.0. The molecule has 0 aromatic heterocycles. The summed E-state index contributed by atoms with van der Waals surface area (Å²) in [6, 6.07) is 4.60. The maximum atomic E-state index is 13.8. The lowest BCUT2D eigenvalue weighted by Crippen LogP contribution is -2.18. The molecule has 25 heavy (non-hydrogen) atoms. The number of anilines is 1. The van der Waals surface area contributed by atoms with E-state index in [0.29, 0.717) is 0 Å². The van der Waals surface area contributed by atoms with E-state index in [1.165, 1.54) is 14.2 Å². The quantitative estimate of drug-likeness (QED) is 0.807. The molecule has 0 aliphatic carbocycles. The van der Waals surface area contributed by atoms with E-state index in [1.54, 1.807) is 0 Å². The molecule has 0 saturated carbocycles. The SMILES string of the molecule is COc1cc(NS(=O)(=O)c2c(F)cccc2F)c(C(=O)O)cc1OC. The fraction of sp³-hybridized carbons (Fsp3) is 0.133. The number of hydrogen-bond acceptors (Lipinski definition) is 5. The molecule has 2 aromatic carbocycles. The average molecular weight is 373 g/mol. The summed E-state index contributed by atoms with van der Waals surface area (Å²) in [5, 5.41) is 9.25. The maximum Gasteiger partial charge on any atom is 0.337 e. The van der Waals surface area contributed by atoms with Crippen LogP contribution < -0.4 is 14.2 Å². The van der Waals surface area contributed by atoms with Crippen LogP contribution in [0.25, 0.3) is 0 Å². The third kappa shape index (κ3) is 3.63. The van der Waals surface area contributed by atoms with Crippen LogP contribution in [-0.4, -0.2) is 33.7 Å². The summed E-state index contributed by atoms with van der Waals surface area (Å²) in [4.78, 5) is 10.1.